The summed E-state index contributed by atoms with van der Waals surface area (Å²) < 4.78 is 18.2. The number of carbonyl (C=O) groups excluding carboxylic acids is 2. The third kappa shape index (κ3) is 7.21. The number of hydrazone groups is 1. The third-order valence-corrected chi connectivity index (χ3v) is 9.49. The Hall–Kier alpha value is -5.14. The Morgan fingerprint density at radius 1 is 0.938 bits per heavy atom. The summed E-state index contributed by atoms with van der Waals surface area (Å²) in [6.45, 7) is 2.56. The molecule has 3 aromatic carbocycles. The Kier molecular flexibility index (Phi) is 10.4. The predicted octanol–water partition coefficient (Wildman–Crippen LogP) is 6.14. The number of amides is 2. The van der Waals surface area contributed by atoms with Crippen molar-refractivity contribution in [1.82, 2.24) is 25.1 Å². The van der Waals surface area contributed by atoms with Crippen LogP contribution in [0.25, 0.3) is 5.69 Å². The lowest BCUT2D eigenvalue weighted by Gasteiger charge is -2.22. The zero-order valence-electron chi connectivity index (χ0n) is 26.7. The number of hydrogen-bond donors (Lipinski definition) is 1. The highest BCUT2D eigenvalue weighted by atomic mass is 32.2. The first-order valence-corrected chi connectivity index (χ1v) is 17.1. The molecule has 11 nitrogen and oxygen atoms in total. The van der Waals surface area contributed by atoms with Crippen LogP contribution in [0, 0.1) is 0 Å². The Morgan fingerprint density at radius 3 is 2.42 bits per heavy atom. The molecule has 1 aliphatic rings. The molecule has 246 valence electrons. The summed E-state index contributed by atoms with van der Waals surface area (Å²) in [5, 5.41) is 20.7. The summed E-state index contributed by atoms with van der Waals surface area (Å²) in [5.74, 6) is 2.02. The fourth-order valence-corrected chi connectivity index (χ4v) is 6.87. The van der Waals surface area contributed by atoms with Crippen molar-refractivity contribution in [2.45, 2.75) is 31.1 Å². The summed E-state index contributed by atoms with van der Waals surface area (Å²) in [7, 11) is 3.15. The molecule has 1 aliphatic heterocycles. The molecule has 6 rings (SSSR count). The zero-order valence-corrected chi connectivity index (χ0v) is 28.3. The van der Waals surface area contributed by atoms with Crippen LogP contribution in [0.3, 0.4) is 0 Å². The van der Waals surface area contributed by atoms with Crippen molar-refractivity contribution in [3.05, 3.63) is 112 Å². The molecule has 0 aliphatic carbocycles. The maximum absolute atomic E-state index is 13.9. The summed E-state index contributed by atoms with van der Waals surface area (Å²) in [4.78, 5) is 28.0. The average molecular weight is 683 g/mol. The first-order chi connectivity index (χ1) is 23.5. The van der Waals surface area contributed by atoms with E-state index < -0.39 is 0 Å². The lowest BCUT2D eigenvalue weighted by atomic mass is 10.0. The number of para-hydroxylation sites is 1. The van der Waals surface area contributed by atoms with Gasteiger partial charge in [0.05, 0.1) is 55.3 Å². The number of nitrogens with one attached hydrogen (secondary N) is 1. The van der Waals surface area contributed by atoms with Crippen molar-refractivity contribution in [2.75, 3.05) is 26.6 Å². The number of thioether (sulfide) groups is 1. The van der Waals surface area contributed by atoms with Crippen molar-refractivity contribution in [1.29, 1.82) is 0 Å². The fraction of sp³-hybridized carbons (Fsp3) is 0.229. The molecule has 1 N–H and O–H groups in total. The van der Waals surface area contributed by atoms with E-state index in [0.717, 1.165) is 33.3 Å². The van der Waals surface area contributed by atoms with E-state index in [1.807, 2.05) is 77.5 Å². The van der Waals surface area contributed by atoms with Crippen molar-refractivity contribution >= 4 is 40.6 Å². The molecule has 48 heavy (non-hydrogen) atoms. The average Bonchev–Trinajstić information content (AvgIpc) is 3.91. The number of rotatable bonds is 13. The van der Waals surface area contributed by atoms with Crippen LogP contribution in [0.2, 0.25) is 0 Å². The quantitative estimate of drug-likeness (QED) is 0.147. The lowest BCUT2D eigenvalue weighted by Crippen LogP contribution is -2.28. The molecule has 1 atom stereocenters. The SMILES string of the molecule is CCOc1ccc(-n2c(CNC(=O)c3ccccc3OC)nnc2SCC(=O)N2N=C(c3cccs3)C[C@H]2c2ccc(OC)cc2)cc1. The Balaban J connectivity index is 1.24. The minimum absolute atomic E-state index is 0.0661. The smallest absolute Gasteiger partial charge is 0.255 e. The van der Waals surface area contributed by atoms with Crippen LogP contribution >= 0.6 is 23.1 Å². The van der Waals surface area contributed by atoms with Crippen molar-refractivity contribution in [3.8, 4) is 22.9 Å². The van der Waals surface area contributed by atoms with Gasteiger partial charge in [0.1, 0.15) is 17.2 Å². The third-order valence-electron chi connectivity index (χ3n) is 7.66. The Morgan fingerprint density at radius 2 is 1.71 bits per heavy atom. The molecule has 0 saturated carbocycles. The molecule has 5 aromatic rings. The normalized spacial score (nSPS) is 14.0. The molecule has 0 unspecified atom stereocenters. The second-order valence-electron chi connectivity index (χ2n) is 10.6. The highest BCUT2D eigenvalue weighted by molar-refractivity contribution is 7.99. The van der Waals surface area contributed by atoms with E-state index >= 15 is 0 Å². The minimum Gasteiger partial charge on any atom is -0.497 e. The van der Waals surface area contributed by atoms with Gasteiger partial charge in [-0.3, -0.25) is 14.2 Å². The largest absolute Gasteiger partial charge is 0.497 e. The van der Waals surface area contributed by atoms with Gasteiger partial charge < -0.3 is 19.5 Å². The van der Waals surface area contributed by atoms with Crippen molar-refractivity contribution < 1.29 is 23.8 Å². The number of nitrogens with zero attached hydrogens (tertiary/aromatic N) is 5. The van der Waals surface area contributed by atoms with E-state index in [4.69, 9.17) is 19.3 Å². The maximum Gasteiger partial charge on any atom is 0.255 e. The lowest BCUT2D eigenvalue weighted by molar-refractivity contribution is -0.130. The maximum atomic E-state index is 13.9. The highest BCUT2D eigenvalue weighted by Gasteiger charge is 2.34. The number of ether oxygens (including phenoxy) is 3. The molecule has 13 heteroatoms. The molecular weight excluding hydrogens is 649 g/mol. The van der Waals surface area contributed by atoms with E-state index in [-0.39, 0.29) is 30.2 Å². The molecule has 0 bridgehead atoms. The van der Waals surface area contributed by atoms with E-state index in [1.54, 1.807) is 47.7 Å². The predicted molar refractivity (Wildman–Crippen MR) is 185 cm³/mol. The molecule has 0 fully saturated rings. The van der Waals surface area contributed by atoms with Crippen LogP contribution in [0.4, 0.5) is 0 Å². The summed E-state index contributed by atoms with van der Waals surface area (Å²) >= 11 is 2.86. The molecule has 2 amide bonds. The van der Waals surface area contributed by atoms with Gasteiger partial charge in [0.15, 0.2) is 11.0 Å². The van der Waals surface area contributed by atoms with Crippen LogP contribution in [0.1, 0.15) is 46.0 Å². The number of thiophene rings is 1. The van der Waals surface area contributed by atoms with E-state index in [0.29, 0.717) is 35.3 Å². The number of hydrogen-bond acceptors (Lipinski definition) is 10. The van der Waals surface area contributed by atoms with Gasteiger partial charge in [-0.05, 0) is 72.5 Å². The number of benzene rings is 3. The number of aromatic nitrogens is 3. The Bertz CT molecular complexity index is 1890. The van der Waals surface area contributed by atoms with E-state index in [2.05, 4.69) is 15.5 Å². The zero-order chi connectivity index (χ0) is 33.5. The number of carbonyl (C=O) groups is 2. The van der Waals surface area contributed by atoms with E-state index in [1.165, 1.54) is 18.9 Å². The summed E-state index contributed by atoms with van der Waals surface area (Å²) in [6, 6.07) is 26.0. The molecule has 3 heterocycles. The molecule has 0 saturated heterocycles. The van der Waals surface area contributed by atoms with Gasteiger partial charge in [-0.1, -0.05) is 42.1 Å². The summed E-state index contributed by atoms with van der Waals surface area (Å²) in [6.07, 6.45) is 0.599. The van der Waals surface area contributed by atoms with Gasteiger partial charge in [0, 0.05) is 12.1 Å². The van der Waals surface area contributed by atoms with Crippen molar-refractivity contribution in [2.24, 2.45) is 5.10 Å². The van der Waals surface area contributed by atoms with Gasteiger partial charge >= 0.3 is 0 Å². The van der Waals surface area contributed by atoms with E-state index in [9.17, 15) is 9.59 Å². The van der Waals surface area contributed by atoms with Crippen LogP contribution in [-0.2, 0) is 11.3 Å². The Labute approximate surface area is 286 Å². The van der Waals surface area contributed by atoms with Crippen LogP contribution in [-0.4, -0.2) is 63.9 Å². The fourth-order valence-electron chi connectivity index (χ4n) is 5.32. The molecule has 2 aromatic heterocycles. The van der Waals surface area contributed by atoms with Gasteiger partial charge in [-0.15, -0.1) is 21.5 Å². The molecule has 0 radical (unpaired) electrons. The minimum atomic E-state index is -0.309. The van der Waals surface area contributed by atoms with Gasteiger partial charge in [-0.2, -0.15) is 5.10 Å². The first-order valence-electron chi connectivity index (χ1n) is 15.3. The second-order valence-corrected chi connectivity index (χ2v) is 12.5. The van der Waals surface area contributed by atoms with Crippen molar-refractivity contribution in [3.63, 3.8) is 0 Å². The van der Waals surface area contributed by atoms with Crippen LogP contribution < -0.4 is 19.5 Å². The first kappa shape index (κ1) is 32.8. The van der Waals surface area contributed by atoms with Gasteiger partial charge in [0.25, 0.3) is 11.8 Å². The van der Waals surface area contributed by atoms with Gasteiger partial charge in [0.2, 0.25) is 0 Å². The highest BCUT2D eigenvalue weighted by Crippen LogP contribution is 2.35. The standard InChI is InChI=1S/C35H34N6O5S2/c1-4-46-26-17-13-24(14-18-26)40-32(21-36-34(43)27-8-5-6-9-30(27)45-3)37-38-35(40)48-22-33(42)41-29(23-11-15-25(44-2)16-12-23)20-28(39-41)31-10-7-19-47-31/h5-19,29H,4,20-22H2,1-3H3,(H,36,43)/t29-/m0/s1. The monoisotopic (exact) mass is 682 g/mol. The molecular formula is C35H34N6O5S2. The summed E-state index contributed by atoms with van der Waals surface area (Å²) in [5.41, 5.74) is 3.01. The van der Waals surface area contributed by atoms with Gasteiger partial charge in [-0.25, -0.2) is 5.01 Å². The molecule has 0 spiro atoms. The second kappa shape index (κ2) is 15.2. The van der Waals surface area contributed by atoms with Crippen LogP contribution in [0.15, 0.2) is 101 Å². The van der Waals surface area contributed by atoms with Crippen LogP contribution in [0.5, 0.6) is 17.2 Å². The topological polar surface area (TPSA) is 120 Å². The number of methoxy groups -OCH3 is 2.